The highest BCUT2D eigenvalue weighted by Gasteiger charge is 2.16. The van der Waals surface area contributed by atoms with E-state index in [1.165, 1.54) is 18.2 Å². The fraction of sp³-hybridized carbons (Fsp3) is 0.231. The highest BCUT2D eigenvalue weighted by atomic mass is 32.2. The van der Waals surface area contributed by atoms with E-state index in [1.807, 2.05) is 38.1 Å². The van der Waals surface area contributed by atoms with E-state index in [0.29, 0.717) is 17.1 Å². The van der Waals surface area contributed by atoms with Gasteiger partial charge in [-0.1, -0.05) is 42.3 Å². The summed E-state index contributed by atoms with van der Waals surface area (Å²) in [6.07, 6.45) is 0. The van der Waals surface area contributed by atoms with Crippen molar-refractivity contribution in [3.8, 4) is 5.75 Å². The van der Waals surface area contributed by atoms with E-state index in [4.69, 9.17) is 4.74 Å². The number of carbonyl (C=O) groups is 2. The predicted octanol–water partition coefficient (Wildman–Crippen LogP) is 4.17. The summed E-state index contributed by atoms with van der Waals surface area (Å²) in [4.78, 5) is 24.8. The molecule has 0 saturated carbocycles. The van der Waals surface area contributed by atoms with Crippen LogP contribution in [-0.4, -0.2) is 39.1 Å². The Morgan fingerprint density at radius 3 is 1.89 bits per heavy atom. The van der Waals surface area contributed by atoms with Crippen LogP contribution in [0.1, 0.15) is 18.1 Å². The maximum atomic E-state index is 12.4. The van der Waals surface area contributed by atoms with Gasteiger partial charge in [-0.2, -0.15) is 0 Å². The number of hydrogen-bond donors (Lipinski definition) is 3. The third kappa shape index (κ3) is 7.58. The average molecular weight is 496 g/mol. The maximum Gasteiger partial charge on any atom is 0.262 e. The quantitative estimate of drug-likeness (QED) is 0.389. The van der Waals surface area contributed by atoms with Crippen LogP contribution in [0.4, 0.5) is 17.1 Å². The van der Waals surface area contributed by atoms with E-state index in [0.717, 1.165) is 11.1 Å². The van der Waals surface area contributed by atoms with Gasteiger partial charge in [0.2, 0.25) is 5.91 Å². The molecule has 0 saturated heterocycles. The third-order valence-electron chi connectivity index (χ3n) is 5.16. The normalized spacial score (nSPS) is 10.9. The number of sulfone groups is 1. The standard InChI is InChI=1S/C26H29N3O5S/c1-4-35(32,33)22-13-14-24(34-17-26(31)29-21-11-7-19(3)8-12-21)23(15-22)27-16-25(30)28-20-9-5-18(2)6-10-20/h5-15,27H,4,16-17H2,1-3H3,(H,28,30)(H,29,31). The lowest BCUT2D eigenvalue weighted by Crippen LogP contribution is -2.23. The highest BCUT2D eigenvalue weighted by molar-refractivity contribution is 7.91. The number of nitrogens with one attached hydrogen (secondary N) is 3. The van der Waals surface area contributed by atoms with Crippen LogP contribution in [0.3, 0.4) is 0 Å². The van der Waals surface area contributed by atoms with Crippen molar-refractivity contribution in [3.05, 3.63) is 77.9 Å². The van der Waals surface area contributed by atoms with Crippen molar-refractivity contribution in [3.63, 3.8) is 0 Å². The van der Waals surface area contributed by atoms with Crippen molar-refractivity contribution in [2.24, 2.45) is 0 Å². The molecule has 0 unspecified atom stereocenters. The fourth-order valence-corrected chi connectivity index (χ4v) is 4.03. The van der Waals surface area contributed by atoms with Crippen LogP contribution >= 0.6 is 0 Å². The largest absolute Gasteiger partial charge is 0.482 e. The minimum absolute atomic E-state index is 0.0699. The molecular formula is C26H29N3O5S. The Hall–Kier alpha value is -3.85. The van der Waals surface area contributed by atoms with Gasteiger partial charge in [0.05, 0.1) is 22.9 Å². The van der Waals surface area contributed by atoms with Gasteiger partial charge in [0.1, 0.15) is 5.75 Å². The molecule has 9 heteroatoms. The lowest BCUT2D eigenvalue weighted by Gasteiger charge is -2.15. The second-order valence-electron chi connectivity index (χ2n) is 8.03. The Labute approximate surface area is 205 Å². The molecule has 8 nitrogen and oxygen atoms in total. The summed E-state index contributed by atoms with van der Waals surface area (Å²) in [5.74, 6) is -0.510. The van der Waals surface area contributed by atoms with E-state index in [2.05, 4.69) is 16.0 Å². The molecule has 184 valence electrons. The van der Waals surface area contributed by atoms with Crippen molar-refractivity contribution >= 4 is 38.7 Å². The molecule has 0 heterocycles. The van der Waals surface area contributed by atoms with Crippen molar-refractivity contribution in [2.75, 3.05) is 34.9 Å². The first-order valence-electron chi connectivity index (χ1n) is 11.1. The van der Waals surface area contributed by atoms with Crippen molar-refractivity contribution in [2.45, 2.75) is 25.7 Å². The molecule has 3 N–H and O–H groups in total. The van der Waals surface area contributed by atoms with Gasteiger partial charge in [-0.25, -0.2) is 8.42 Å². The lowest BCUT2D eigenvalue weighted by molar-refractivity contribution is -0.118. The summed E-state index contributed by atoms with van der Waals surface area (Å²) >= 11 is 0. The number of carbonyl (C=O) groups excluding carboxylic acids is 2. The minimum Gasteiger partial charge on any atom is -0.482 e. The number of hydrogen-bond acceptors (Lipinski definition) is 6. The van der Waals surface area contributed by atoms with E-state index in [1.54, 1.807) is 31.2 Å². The number of amides is 2. The first-order chi connectivity index (χ1) is 16.7. The van der Waals surface area contributed by atoms with Crippen molar-refractivity contribution < 1.29 is 22.7 Å². The van der Waals surface area contributed by atoms with Gasteiger partial charge in [0.25, 0.3) is 5.91 Å². The van der Waals surface area contributed by atoms with Crippen LogP contribution in [0.2, 0.25) is 0 Å². The monoisotopic (exact) mass is 495 g/mol. The Kier molecular flexibility index (Phi) is 8.48. The first kappa shape index (κ1) is 25.8. The molecular weight excluding hydrogens is 466 g/mol. The van der Waals surface area contributed by atoms with E-state index in [9.17, 15) is 18.0 Å². The number of aryl methyl sites for hydroxylation is 2. The zero-order valence-electron chi connectivity index (χ0n) is 19.9. The highest BCUT2D eigenvalue weighted by Crippen LogP contribution is 2.28. The van der Waals surface area contributed by atoms with Crippen LogP contribution in [0.15, 0.2) is 71.6 Å². The van der Waals surface area contributed by atoms with Crippen molar-refractivity contribution in [1.82, 2.24) is 0 Å². The summed E-state index contributed by atoms with van der Waals surface area (Å²) in [6, 6.07) is 19.0. The van der Waals surface area contributed by atoms with Gasteiger partial charge in [0, 0.05) is 11.4 Å². The molecule has 0 aromatic heterocycles. The second-order valence-corrected chi connectivity index (χ2v) is 10.3. The van der Waals surface area contributed by atoms with E-state index >= 15 is 0 Å². The molecule has 0 atom stereocenters. The first-order valence-corrected chi connectivity index (χ1v) is 12.8. The van der Waals surface area contributed by atoms with Crippen LogP contribution in [0.25, 0.3) is 0 Å². The Bertz CT molecular complexity index is 1290. The number of anilines is 3. The Balaban J connectivity index is 1.69. The molecule has 0 bridgehead atoms. The summed E-state index contributed by atoms with van der Waals surface area (Å²) in [5, 5.41) is 8.44. The topological polar surface area (TPSA) is 114 Å². The molecule has 3 aromatic rings. The van der Waals surface area contributed by atoms with Gasteiger partial charge >= 0.3 is 0 Å². The molecule has 0 spiro atoms. The van der Waals surface area contributed by atoms with Crippen LogP contribution < -0.4 is 20.7 Å². The average Bonchev–Trinajstić information content (AvgIpc) is 2.84. The summed E-state index contributed by atoms with van der Waals surface area (Å²) < 4.78 is 30.4. The second kappa shape index (κ2) is 11.5. The Morgan fingerprint density at radius 1 is 0.800 bits per heavy atom. The smallest absolute Gasteiger partial charge is 0.262 e. The van der Waals surface area contributed by atoms with Crippen molar-refractivity contribution in [1.29, 1.82) is 0 Å². The minimum atomic E-state index is -3.48. The van der Waals surface area contributed by atoms with Gasteiger partial charge < -0.3 is 20.7 Å². The van der Waals surface area contributed by atoms with Gasteiger partial charge in [-0.3, -0.25) is 9.59 Å². The maximum absolute atomic E-state index is 12.4. The molecule has 3 aromatic carbocycles. The van der Waals surface area contributed by atoms with E-state index < -0.39 is 9.84 Å². The molecule has 0 aliphatic rings. The summed E-state index contributed by atoms with van der Waals surface area (Å²) in [6.45, 7) is 5.03. The summed E-state index contributed by atoms with van der Waals surface area (Å²) in [7, 11) is -3.48. The van der Waals surface area contributed by atoms with E-state index in [-0.39, 0.29) is 41.4 Å². The van der Waals surface area contributed by atoms with Crippen LogP contribution in [-0.2, 0) is 19.4 Å². The van der Waals surface area contributed by atoms with Crippen LogP contribution in [0, 0.1) is 13.8 Å². The molecule has 0 aliphatic carbocycles. The number of ether oxygens (including phenoxy) is 1. The van der Waals surface area contributed by atoms with Gasteiger partial charge in [0.15, 0.2) is 16.4 Å². The molecule has 2 amide bonds. The number of rotatable bonds is 10. The van der Waals surface area contributed by atoms with Gasteiger partial charge in [-0.15, -0.1) is 0 Å². The summed E-state index contributed by atoms with van der Waals surface area (Å²) in [5.41, 5.74) is 3.72. The zero-order chi connectivity index (χ0) is 25.4. The number of benzene rings is 3. The molecule has 0 radical (unpaired) electrons. The SMILES string of the molecule is CCS(=O)(=O)c1ccc(OCC(=O)Nc2ccc(C)cc2)c(NCC(=O)Nc2ccc(C)cc2)c1. The van der Waals surface area contributed by atoms with Crippen LogP contribution in [0.5, 0.6) is 5.75 Å². The zero-order valence-corrected chi connectivity index (χ0v) is 20.7. The molecule has 0 fully saturated rings. The lowest BCUT2D eigenvalue weighted by atomic mass is 10.2. The molecule has 0 aliphatic heterocycles. The Morgan fingerprint density at radius 2 is 1.34 bits per heavy atom. The fourth-order valence-electron chi connectivity index (χ4n) is 3.13. The molecule has 3 rings (SSSR count). The third-order valence-corrected chi connectivity index (χ3v) is 6.89. The van der Waals surface area contributed by atoms with Gasteiger partial charge in [-0.05, 0) is 56.3 Å². The predicted molar refractivity (Wildman–Crippen MR) is 138 cm³/mol. The molecule has 35 heavy (non-hydrogen) atoms.